The van der Waals surface area contributed by atoms with Gasteiger partial charge in [0.1, 0.15) is 11.6 Å². The van der Waals surface area contributed by atoms with E-state index in [0.29, 0.717) is 6.54 Å². The number of pyridine rings is 1. The van der Waals surface area contributed by atoms with Gasteiger partial charge in [0.15, 0.2) is 0 Å². The summed E-state index contributed by atoms with van der Waals surface area (Å²) in [7, 11) is 0. The van der Waals surface area contributed by atoms with Gasteiger partial charge in [0.05, 0.1) is 6.20 Å². The fourth-order valence-corrected chi connectivity index (χ4v) is 3.56. The Morgan fingerprint density at radius 1 is 1.43 bits per heavy atom. The molecule has 0 saturated carbocycles. The van der Waals surface area contributed by atoms with Crippen molar-refractivity contribution in [3.05, 3.63) is 23.6 Å². The molecule has 1 aliphatic rings. The van der Waals surface area contributed by atoms with Gasteiger partial charge in [-0.15, -0.1) is 0 Å². The van der Waals surface area contributed by atoms with Crippen LogP contribution in [0, 0.1) is 5.82 Å². The van der Waals surface area contributed by atoms with Crippen LogP contribution in [0.3, 0.4) is 0 Å². The average molecular weight is 311 g/mol. The van der Waals surface area contributed by atoms with Crippen molar-refractivity contribution in [2.45, 2.75) is 51.4 Å². The third kappa shape index (κ3) is 4.85. The molecule has 118 valence electrons. The van der Waals surface area contributed by atoms with Gasteiger partial charge in [0, 0.05) is 41.2 Å². The standard InChI is InChI=1S/C16H26FN3S/c1-15(2,3)19-9-12-8-13(17)10-18-14(12)20-6-7-21-16(4,5)11-20/h8,10,19H,6-7,9,11H2,1-5H3. The van der Waals surface area contributed by atoms with E-state index in [-0.39, 0.29) is 16.1 Å². The van der Waals surface area contributed by atoms with Crippen LogP contribution in [0.4, 0.5) is 10.2 Å². The first-order valence-electron chi connectivity index (χ1n) is 7.45. The Morgan fingerprint density at radius 2 is 2.14 bits per heavy atom. The molecule has 0 unspecified atom stereocenters. The van der Waals surface area contributed by atoms with Gasteiger partial charge < -0.3 is 10.2 Å². The molecule has 0 radical (unpaired) electrons. The molecule has 2 heterocycles. The Labute approximate surface area is 131 Å². The number of anilines is 1. The summed E-state index contributed by atoms with van der Waals surface area (Å²) in [4.78, 5) is 6.66. The smallest absolute Gasteiger partial charge is 0.141 e. The molecule has 0 spiro atoms. The second-order valence-electron chi connectivity index (χ2n) is 7.27. The number of thioether (sulfide) groups is 1. The van der Waals surface area contributed by atoms with Gasteiger partial charge in [-0.25, -0.2) is 9.37 Å². The third-order valence-electron chi connectivity index (χ3n) is 3.44. The first-order chi connectivity index (χ1) is 9.66. The lowest BCUT2D eigenvalue weighted by atomic mass is 10.1. The van der Waals surface area contributed by atoms with E-state index in [0.717, 1.165) is 30.2 Å². The number of hydrogen-bond donors (Lipinski definition) is 1. The molecule has 2 rings (SSSR count). The van der Waals surface area contributed by atoms with E-state index >= 15 is 0 Å². The number of nitrogens with one attached hydrogen (secondary N) is 1. The number of hydrogen-bond acceptors (Lipinski definition) is 4. The molecule has 3 nitrogen and oxygen atoms in total. The minimum atomic E-state index is -0.268. The zero-order valence-corrected chi connectivity index (χ0v) is 14.5. The zero-order chi connectivity index (χ0) is 15.7. The van der Waals surface area contributed by atoms with Gasteiger partial charge in [0.25, 0.3) is 0 Å². The van der Waals surface area contributed by atoms with E-state index in [1.165, 1.54) is 6.20 Å². The summed E-state index contributed by atoms with van der Waals surface area (Å²) in [5.74, 6) is 1.73. The van der Waals surface area contributed by atoms with Crippen molar-refractivity contribution in [3.63, 3.8) is 0 Å². The Kier molecular flexibility index (Phi) is 4.83. The van der Waals surface area contributed by atoms with Crippen LogP contribution in [-0.4, -0.2) is 34.1 Å². The molecular formula is C16H26FN3S. The number of nitrogens with zero attached hydrogens (tertiary/aromatic N) is 2. The predicted molar refractivity (Wildman–Crippen MR) is 89.5 cm³/mol. The van der Waals surface area contributed by atoms with Gasteiger partial charge in [0.2, 0.25) is 0 Å². The summed E-state index contributed by atoms with van der Waals surface area (Å²) in [6.07, 6.45) is 1.32. The summed E-state index contributed by atoms with van der Waals surface area (Å²) in [6.45, 7) is 13.4. The van der Waals surface area contributed by atoms with Crippen LogP contribution in [-0.2, 0) is 6.54 Å². The SMILES string of the molecule is CC(C)(C)NCc1cc(F)cnc1N1CCSC(C)(C)C1. The molecule has 0 aliphatic carbocycles. The van der Waals surface area contributed by atoms with Crippen molar-refractivity contribution in [2.24, 2.45) is 0 Å². The number of aromatic nitrogens is 1. The van der Waals surface area contributed by atoms with Crippen LogP contribution >= 0.6 is 11.8 Å². The molecule has 0 aromatic carbocycles. The molecule has 1 saturated heterocycles. The quantitative estimate of drug-likeness (QED) is 0.925. The van der Waals surface area contributed by atoms with Crippen molar-refractivity contribution < 1.29 is 4.39 Å². The molecule has 1 aliphatic heterocycles. The maximum atomic E-state index is 13.6. The second-order valence-corrected chi connectivity index (χ2v) is 9.07. The summed E-state index contributed by atoms with van der Waals surface area (Å²) in [5, 5.41) is 3.43. The first-order valence-corrected chi connectivity index (χ1v) is 8.43. The van der Waals surface area contributed by atoms with Crippen LogP contribution in [0.25, 0.3) is 0 Å². The molecule has 5 heteroatoms. The Morgan fingerprint density at radius 3 is 2.76 bits per heavy atom. The van der Waals surface area contributed by atoms with Crippen LogP contribution in [0.1, 0.15) is 40.2 Å². The second kappa shape index (κ2) is 6.13. The molecule has 0 amide bonds. The van der Waals surface area contributed by atoms with E-state index < -0.39 is 0 Å². The predicted octanol–water partition coefficient (Wildman–Crippen LogP) is 3.44. The third-order valence-corrected chi connectivity index (χ3v) is 4.74. The molecule has 1 N–H and O–H groups in total. The number of halogens is 1. The summed E-state index contributed by atoms with van der Waals surface area (Å²) in [6, 6.07) is 1.61. The lowest BCUT2D eigenvalue weighted by molar-refractivity contribution is 0.423. The first kappa shape index (κ1) is 16.6. The molecule has 0 atom stereocenters. The van der Waals surface area contributed by atoms with E-state index in [2.05, 4.69) is 49.8 Å². The molecular weight excluding hydrogens is 285 g/mol. The lowest BCUT2D eigenvalue weighted by Gasteiger charge is -2.39. The maximum absolute atomic E-state index is 13.6. The summed E-state index contributed by atoms with van der Waals surface area (Å²) >= 11 is 1.99. The average Bonchev–Trinajstić information content (AvgIpc) is 2.34. The monoisotopic (exact) mass is 311 g/mol. The van der Waals surface area contributed by atoms with Crippen LogP contribution in [0.15, 0.2) is 12.3 Å². The van der Waals surface area contributed by atoms with Crippen molar-refractivity contribution in [2.75, 3.05) is 23.7 Å². The highest BCUT2D eigenvalue weighted by Crippen LogP contribution is 2.32. The highest BCUT2D eigenvalue weighted by Gasteiger charge is 2.29. The van der Waals surface area contributed by atoms with E-state index in [9.17, 15) is 4.39 Å². The van der Waals surface area contributed by atoms with Crippen molar-refractivity contribution >= 4 is 17.6 Å². The van der Waals surface area contributed by atoms with Gasteiger partial charge in [-0.05, 0) is 40.7 Å². The normalized spacial score (nSPS) is 18.9. The zero-order valence-electron chi connectivity index (χ0n) is 13.7. The highest BCUT2D eigenvalue weighted by atomic mass is 32.2. The summed E-state index contributed by atoms with van der Waals surface area (Å²) < 4.78 is 13.8. The molecule has 0 bridgehead atoms. The highest BCUT2D eigenvalue weighted by molar-refractivity contribution is 8.00. The summed E-state index contributed by atoms with van der Waals surface area (Å²) in [5.41, 5.74) is 0.938. The van der Waals surface area contributed by atoms with Crippen molar-refractivity contribution in [3.8, 4) is 0 Å². The fourth-order valence-electron chi connectivity index (χ4n) is 2.45. The Bertz CT molecular complexity index is 497. The van der Waals surface area contributed by atoms with E-state index in [1.54, 1.807) is 6.07 Å². The van der Waals surface area contributed by atoms with Gasteiger partial charge in [-0.3, -0.25) is 0 Å². The molecule has 21 heavy (non-hydrogen) atoms. The lowest BCUT2D eigenvalue weighted by Crippen LogP contribution is -2.44. The fraction of sp³-hybridized carbons (Fsp3) is 0.688. The van der Waals surface area contributed by atoms with E-state index in [1.807, 2.05) is 11.8 Å². The molecule has 1 fully saturated rings. The van der Waals surface area contributed by atoms with E-state index in [4.69, 9.17) is 0 Å². The van der Waals surface area contributed by atoms with Crippen molar-refractivity contribution in [1.82, 2.24) is 10.3 Å². The minimum Gasteiger partial charge on any atom is -0.354 e. The van der Waals surface area contributed by atoms with Crippen molar-refractivity contribution in [1.29, 1.82) is 0 Å². The Balaban J connectivity index is 2.22. The number of rotatable bonds is 3. The van der Waals surface area contributed by atoms with Crippen LogP contribution in [0.5, 0.6) is 0 Å². The van der Waals surface area contributed by atoms with Gasteiger partial charge in [-0.1, -0.05) is 0 Å². The molecule has 1 aromatic rings. The van der Waals surface area contributed by atoms with Gasteiger partial charge in [-0.2, -0.15) is 11.8 Å². The minimum absolute atomic E-state index is 0.000604. The van der Waals surface area contributed by atoms with Gasteiger partial charge >= 0.3 is 0 Å². The largest absolute Gasteiger partial charge is 0.354 e. The maximum Gasteiger partial charge on any atom is 0.141 e. The molecule has 1 aromatic heterocycles. The Hall–Kier alpha value is -0.810. The van der Waals surface area contributed by atoms with Crippen LogP contribution < -0.4 is 10.2 Å². The topological polar surface area (TPSA) is 28.2 Å². The van der Waals surface area contributed by atoms with Crippen LogP contribution in [0.2, 0.25) is 0 Å².